The van der Waals surface area contributed by atoms with Crippen LogP contribution in [-0.4, -0.2) is 27.6 Å². The van der Waals surface area contributed by atoms with Crippen molar-refractivity contribution in [2.75, 3.05) is 0 Å². The SMILES string of the molecule is CC(C)CCC[C@@H](C)[C@@]1(N)CC[C@@]2(N)[C@@H]3CC=C4C[C@@H]([N+](=O)[O-])CC[C@]4(C)[C@@]3(N)CC[C@@]21C. The highest BCUT2D eigenvalue weighted by molar-refractivity contribution is 5.37. The van der Waals surface area contributed by atoms with Gasteiger partial charge in [-0.05, 0) is 62.7 Å². The lowest BCUT2D eigenvalue weighted by Crippen LogP contribution is -2.78. The molecule has 0 radical (unpaired) electrons. The summed E-state index contributed by atoms with van der Waals surface area (Å²) >= 11 is 0. The van der Waals surface area contributed by atoms with Crippen molar-refractivity contribution in [2.24, 2.45) is 45.8 Å². The van der Waals surface area contributed by atoms with Crippen molar-refractivity contribution in [2.45, 2.75) is 128 Å². The van der Waals surface area contributed by atoms with Gasteiger partial charge in [-0.15, -0.1) is 0 Å². The van der Waals surface area contributed by atoms with Gasteiger partial charge in [0.25, 0.3) is 0 Å². The van der Waals surface area contributed by atoms with Crippen LogP contribution in [-0.2, 0) is 0 Å². The molecular weight excluding hydrogens is 412 g/mol. The minimum Gasteiger partial charge on any atom is -0.324 e. The second-order valence-corrected chi connectivity index (χ2v) is 13.2. The molecule has 188 valence electrons. The van der Waals surface area contributed by atoms with Crippen molar-refractivity contribution >= 4 is 0 Å². The molecule has 0 amide bonds. The maximum atomic E-state index is 11.5. The summed E-state index contributed by atoms with van der Waals surface area (Å²) in [6, 6.07) is -0.472. The smallest absolute Gasteiger partial charge is 0.216 e. The van der Waals surface area contributed by atoms with Gasteiger partial charge in [-0.1, -0.05) is 59.1 Å². The molecule has 4 aliphatic carbocycles. The Balaban J connectivity index is 1.64. The third-order valence-corrected chi connectivity index (χ3v) is 11.7. The third kappa shape index (κ3) is 3.30. The highest BCUT2D eigenvalue weighted by Crippen LogP contribution is 2.69. The maximum absolute atomic E-state index is 11.5. The van der Waals surface area contributed by atoms with Gasteiger partial charge in [-0.3, -0.25) is 10.1 Å². The minimum atomic E-state index is -0.472. The van der Waals surface area contributed by atoms with Crippen molar-refractivity contribution in [3.8, 4) is 0 Å². The van der Waals surface area contributed by atoms with Crippen LogP contribution in [0.25, 0.3) is 0 Å². The van der Waals surface area contributed by atoms with Crippen molar-refractivity contribution in [3.63, 3.8) is 0 Å². The van der Waals surface area contributed by atoms with Crippen LogP contribution in [0.15, 0.2) is 11.6 Å². The van der Waals surface area contributed by atoms with E-state index in [0.29, 0.717) is 18.8 Å². The topological polar surface area (TPSA) is 121 Å². The molecule has 6 heteroatoms. The Morgan fingerprint density at radius 2 is 1.70 bits per heavy atom. The van der Waals surface area contributed by atoms with Crippen LogP contribution in [0.5, 0.6) is 0 Å². The van der Waals surface area contributed by atoms with E-state index in [1.165, 1.54) is 18.4 Å². The maximum Gasteiger partial charge on any atom is 0.216 e. The van der Waals surface area contributed by atoms with Gasteiger partial charge in [0.05, 0.1) is 0 Å². The lowest BCUT2D eigenvalue weighted by molar-refractivity contribution is -0.525. The van der Waals surface area contributed by atoms with Gasteiger partial charge in [0, 0.05) is 45.2 Å². The molecule has 0 spiro atoms. The summed E-state index contributed by atoms with van der Waals surface area (Å²) in [5.41, 5.74) is 22.0. The van der Waals surface area contributed by atoms with E-state index in [2.05, 4.69) is 40.7 Å². The standard InChI is InChI=1S/C27H48N4O2/c1-18(2)7-6-8-19(3)25(28)15-16-27(30)22-10-9-20-17-21(31(32)33)11-12-23(20,4)26(22,29)14-13-24(25,27)5/h9,18-19,21-22H,6-8,10-17,28-30H2,1-5H3/t19-,21+,22-,23+,24-,25+,26-,27-/m1/s1. The first-order valence-corrected chi connectivity index (χ1v) is 13.4. The number of nitrogens with two attached hydrogens (primary N) is 3. The van der Waals surface area contributed by atoms with Gasteiger partial charge in [-0.25, -0.2) is 0 Å². The summed E-state index contributed by atoms with van der Waals surface area (Å²) in [4.78, 5) is 11.4. The summed E-state index contributed by atoms with van der Waals surface area (Å²) in [6.07, 6.45) is 12.4. The van der Waals surface area contributed by atoms with Gasteiger partial charge in [0.2, 0.25) is 6.04 Å². The van der Waals surface area contributed by atoms with Crippen LogP contribution < -0.4 is 17.2 Å². The fourth-order valence-corrected chi connectivity index (χ4v) is 8.95. The summed E-state index contributed by atoms with van der Waals surface area (Å²) in [6.45, 7) is 11.6. The molecule has 0 unspecified atom stereocenters. The van der Waals surface area contributed by atoms with Gasteiger partial charge in [0.15, 0.2) is 0 Å². The molecule has 33 heavy (non-hydrogen) atoms. The van der Waals surface area contributed by atoms with Gasteiger partial charge in [0.1, 0.15) is 0 Å². The van der Waals surface area contributed by atoms with Crippen LogP contribution in [0.2, 0.25) is 0 Å². The van der Waals surface area contributed by atoms with Crippen molar-refractivity contribution in [1.82, 2.24) is 0 Å². The van der Waals surface area contributed by atoms with E-state index < -0.39 is 17.1 Å². The average molecular weight is 461 g/mol. The minimum absolute atomic E-state index is 0.0987. The van der Waals surface area contributed by atoms with Gasteiger partial charge < -0.3 is 17.2 Å². The second-order valence-electron chi connectivity index (χ2n) is 13.2. The number of rotatable bonds is 6. The third-order valence-electron chi connectivity index (χ3n) is 11.7. The summed E-state index contributed by atoms with van der Waals surface area (Å²) in [7, 11) is 0. The van der Waals surface area contributed by atoms with E-state index in [-0.39, 0.29) is 27.2 Å². The lowest BCUT2D eigenvalue weighted by atomic mass is 9.40. The first-order valence-electron chi connectivity index (χ1n) is 13.4. The van der Waals surface area contributed by atoms with Crippen LogP contribution in [0, 0.1) is 38.7 Å². The molecule has 0 bridgehead atoms. The molecule has 0 saturated heterocycles. The summed E-state index contributed by atoms with van der Waals surface area (Å²) < 4.78 is 0. The molecule has 0 aromatic heterocycles. The highest BCUT2D eigenvalue weighted by Gasteiger charge is 2.73. The predicted molar refractivity (Wildman–Crippen MR) is 134 cm³/mol. The van der Waals surface area contributed by atoms with E-state index in [1.807, 2.05) is 0 Å². The normalized spacial score (nSPS) is 48.0. The van der Waals surface area contributed by atoms with E-state index >= 15 is 0 Å². The van der Waals surface area contributed by atoms with Crippen LogP contribution in [0.4, 0.5) is 0 Å². The Morgan fingerprint density at radius 1 is 1.03 bits per heavy atom. The Labute approximate surface area is 200 Å². The first kappa shape index (κ1) is 25.1. The number of allylic oxidation sites excluding steroid dienone is 1. The second kappa shape index (κ2) is 8.03. The molecule has 8 atom stereocenters. The molecule has 0 aromatic carbocycles. The largest absolute Gasteiger partial charge is 0.324 e. The molecule has 3 fully saturated rings. The zero-order chi connectivity index (χ0) is 24.4. The quantitative estimate of drug-likeness (QED) is 0.295. The Kier molecular flexibility index (Phi) is 6.11. The molecule has 4 rings (SSSR count). The molecule has 0 aliphatic heterocycles. The molecule has 6 nitrogen and oxygen atoms in total. The molecule has 3 saturated carbocycles. The number of hydrogen-bond acceptors (Lipinski definition) is 5. The van der Waals surface area contributed by atoms with Crippen molar-refractivity contribution in [3.05, 3.63) is 21.8 Å². The Bertz CT molecular complexity index is 829. The van der Waals surface area contributed by atoms with Crippen molar-refractivity contribution < 1.29 is 4.92 Å². The highest BCUT2D eigenvalue weighted by atomic mass is 16.6. The number of hydrogen-bond donors (Lipinski definition) is 3. The zero-order valence-corrected chi connectivity index (χ0v) is 21.7. The monoisotopic (exact) mass is 460 g/mol. The van der Waals surface area contributed by atoms with Crippen molar-refractivity contribution in [1.29, 1.82) is 0 Å². The number of nitrogens with zero attached hydrogens (tertiary/aromatic N) is 1. The average Bonchev–Trinajstić information content (AvgIpc) is 2.96. The molecule has 0 heterocycles. The fraction of sp³-hybridized carbons (Fsp3) is 0.926. The van der Waals surface area contributed by atoms with Crippen LogP contribution in [0.1, 0.15) is 105 Å². The predicted octanol–water partition coefficient (Wildman–Crippen LogP) is 4.92. The molecule has 6 N–H and O–H groups in total. The van der Waals surface area contributed by atoms with E-state index in [4.69, 9.17) is 17.2 Å². The zero-order valence-electron chi connectivity index (χ0n) is 21.7. The Hall–Kier alpha value is -0.980. The first-order chi connectivity index (χ1) is 15.3. The number of nitro groups is 1. The number of fused-ring (bicyclic) bond motifs is 5. The lowest BCUT2D eigenvalue weighted by Gasteiger charge is -2.68. The van der Waals surface area contributed by atoms with Crippen LogP contribution in [0.3, 0.4) is 0 Å². The Morgan fingerprint density at radius 3 is 2.33 bits per heavy atom. The van der Waals surface area contributed by atoms with E-state index in [1.54, 1.807) is 0 Å². The van der Waals surface area contributed by atoms with Crippen LogP contribution >= 0.6 is 0 Å². The molecule has 0 aromatic rings. The molecule has 4 aliphatic rings. The van der Waals surface area contributed by atoms with E-state index in [0.717, 1.165) is 50.9 Å². The van der Waals surface area contributed by atoms with E-state index in [9.17, 15) is 10.1 Å². The summed E-state index contributed by atoms with van der Waals surface area (Å²) in [5, 5.41) is 11.5. The van der Waals surface area contributed by atoms with Gasteiger partial charge >= 0.3 is 0 Å². The fourth-order valence-electron chi connectivity index (χ4n) is 8.95. The summed E-state index contributed by atoms with van der Waals surface area (Å²) in [5.74, 6) is 1.32. The molecular formula is C27H48N4O2. The van der Waals surface area contributed by atoms with Gasteiger partial charge in [-0.2, -0.15) is 0 Å².